The van der Waals surface area contributed by atoms with Gasteiger partial charge in [0.05, 0.1) is 0 Å². The average Bonchev–Trinajstić information content (AvgIpc) is 2.67. The van der Waals surface area contributed by atoms with E-state index in [1.807, 2.05) is 0 Å². The van der Waals surface area contributed by atoms with Crippen molar-refractivity contribution in [3.8, 4) is 0 Å². The number of likely N-dealkylation sites (tertiary alicyclic amines) is 1. The van der Waals surface area contributed by atoms with E-state index in [0.29, 0.717) is 17.7 Å². The van der Waals surface area contributed by atoms with Crippen molar-refractivity contribution in [3.05, 3.63) is 0 Å². The summed E-state index contributed by atoms with van der Waals surface area (Å²) in [7, 11) is 0. The zero-order valence-electron chi connectivity index (χ0n) is 16.1. The maximum atomic E-state index is 12.8. The number of likely N-dealkylation sites (N-methyl/N-ethyl adjacent to an activating group) is 1. The Morgan fingerprint density at radius 3 is 1.88 bits per heavy atom. The first-order valence-corrected chi connectivity index (χ1v) is 10.4. The van der Waals surface area contributed by atoms with Crippen LogP contribution in [0.5, 0.6) is 0 Å². The van der Waals surface area contributed by atoms with Crippen molar-refractivity contribution in [3.63, 3.8) is 0 Å². The number of piperazine rings is 1. The highest BCUT2D eigenvalue weighted by Crippen LogP contribution is 2.32. The van der Waals surface area contributed by atoms with Crippen molar-refractivity contribution in [2.75, 3.05) is 45.8 Å². The Hall–Kier alpha value is -1.10. The molecule has 142 valence electrons. The van der Waals surface area contributed by atoms with Crippen molar-refractivity contribution in [1.82, 2.24) is 14.7 Å². The molecule has 3 rings (SSSR count). The van der Waals surface area contributed by atoms with Gasteiger partial charge in [-0.3, -0.25) is 9.59 Å². The molecule has 0 aromatic heterocycles. The fourth-order valence-electron chi connectivity index (χ4n) is 4.78. The maximum Gasteiger partial charge on any atom is 0.225 e. The summed E-state index contributed by atoms with van der Waals surface area (Å²) >= 11 is 0. The quantitative estimate of drug-likeness (QED) is 0.785. The molecule has 1 saturated carbocycles. The van der Waals surface area contributed by atoms with Crippen LogP contribution < -0.4 is 0 Å². The molecule has 0 N–H and O–H groups in total. The second-order valence-corrected chi connectivity index (χ2v) is 8.34. The summed E-state index contributed by atoms with van der Waals surface area (Å²) in [5.41, 5.74) is 0. The van der Waals surface area contributed by atoms with Gasteiger partial charge in [0.1, 0.15) is 0 Å². The summed E-state index contributed by atoms with van der Waals surface area (Å²) in [5.74, 6) is 1.64. The topological polar surface area (TPSA) is 43.9 Å². The van der Waals surface area contributed by atoms with Gasteiger partial charge in [-0.15, -0.1) is 0 Å². The van der Waals surface area contributed by atoms with E-state index in [1.165, 1.54) is 6.42 Å². The number of hydrogen-bond donors (Lipinski definition) is 0. The van der Waals surface area contributed by atoms with E-state index in [0.717, 1.165) is 77.9 Å². The van der Waals surface area contributed by atoms with Gasteiger partial charge in [-0.25, -0.2) is 0 Å². The van der Waals surface area contributed by atoms with Gasteiger partial charge < -0.3 is 14.7 Å². The Balaban J connectivity index is 1.45. The number of rotatable bonds is 3. The number of carbonyl (C=O) groups excluding carboxylic acids is 2. The Morgan fingerprint density at radius 1 is 0.800 bits per heavy atom. The van der Waals surface area contributed by atoms with E-state index in [2.05, 4.69) is 28.5 Å². The van der Waals surface area contributed by atoms with Crippen LogP contribution in [-0.2, 0) is 9.59 Å². The van der Waals surface area contributed by atoms with Crippen molar-refractivity contribution >= 4 is 11.8 Å². The van der Waals surface area contributed by atoms with Gasteiger partial charge in [-0.2, -0.15) is 0 Å². The highest BCUT2D eigenvalue weighted by atomic mass is 16.2. The van der Waals surface area contributed by atoms with Gasteiger partial charge in [-0.1, -0.05) is 13.8 Å². The minimum absolute atomic E-state index is 0.150. The summed E-state index contributed by atoms with van der Waals surface area (Å²) in [5, 5.41) is 0. The summed E-state index contributed by atoms with van der Waals surface area (Å²) < 4.78 is 0. The fraction of sp³-hybridized carbons (Fsp3) is 0.900. The predicted molar refractivity (Wildman–Crippen MR) is 99.1 cm³/mol. The second-order valence-electron chi connectivity index (χ2n) is 8.34. The lowest BCUT2D eigenvalue weighted by Crippen LogP contribution is -2.50. The monoisotopic (exact) mass is 349 g/mol. The maximum absolute atomic E-state index is 12.8. The summed E-state index contributed by atoms with van der Waals surface area (Å²) in [6, 6.07) is 0. The molecular formula is C20H35N3O2. The first-order valence-electron chi connectivity index (χ1n) is 10.4. The number of carbonyl (C=O) groups is 2. The van der Waals surface area contributed by atoms with Crippen LogP contribution >= 0.6 is 0 Å². The highest BCUT2D eigenvalue weighted by Gasteiger charge is 2.35. The Labute approximate surface area is 152 Å². The largest absolute Gasteiger partial charge is 0.342 e. The van der Waals surface area contributed by atoms with Crippen molar-refractivity contribution in [2.45, 2.75) is 52.4 Å². The molecule has 3 fully saturated rings. The van der Waals surface area contributed by atoms with E-state index in [4.69, 9.17) is 0 Å². The van der Waals surface area contributed by atoms with Crippen LogP contribution in [0.15, 0.2) is 0 Å². The number of piperidine rings is 1. The minimum atomic E-state index is 0.150. The van der Waals surface area contributed by atoms with Crippen molar-refractivity contribution < 1.29 is 9.59 Å². The molecule has 5 nitrogen and oxygen atoms in total. The normalized spacial score (nSPS) is 31.8. The smallest absolute Gasteiger partial charge is 0.225 e. The standard InChI is InChI=1S/C20H35N3O2/c1-3-21-11-13-22(14-12-21)19(24)17-6-8-18(9-7-17)20(25)23-10-4-5-16(2)15-23/h16-18H,3-15H2,1-2H3. The minimum Gasteiger partial charge on any atom is -0.342 e. The molecule has 2 heterocycles. The molecular weight excluding hydrogens is 314 g/mol. The fourth-order valence-corrected chi connectivity index (χ4v) is 4.78. The van der Waals surface area contributed by atoms with Gasteiger partial charge in [-0.05, 0) is 51.0 Å². The van der Waals surface area contributed by atoms with Crippen molar-refractivity contribution in [2.24, 2.45) is 17.8 Å². The highest BCUT2D eigenvalue weighted by molar-refractivity contribution is 5.81. The molecule has 5 heteroatoms. The van der Waals surface area contributed by atoms with Crippen LogP contribution in [0.25, 0.3) is 0 Å². The van der Waals surface area contributed by atoms with Crippen LogP contribution in [0.3, 0.4) is 0 Å². The van der Waals surface area contributed by atoms with E-state index in [1.54, 1.807) is 0 Å². The summed E-state index contributed by atoms with van der Waals surface area (Å²) in [6.45, 7) is 11.1. The molecule has 2 amide bonds. The number of amides is 2. The first-order chi connectivity index (χ1) is 12.1. The van der Waals surface area contributed by atoms with Gasteiger partial charge in [0, 0.05) is 51.1 Å². The van der Waals surface area contributed by atoms with Crippen LogP contribution in [0.2, 0.25) is 0 Å². The Morgan fingerprint density at radius 2 is 1.36 bits per heavy atom. The van der Waals surface area contributed by atoms with Crippen molar-refractivity contribution in [1.29, 1.82) is 0 Å². The zero-order chi connectivity index (χ0) is 17.8. The third-order valence-electron chi connectivity index (χ3n) is 6.53. The molecule has 1 unspecified atom stereocenters. The van der Waals surface area contributed by atoms with Crippen LogP contribution in [-0.4, -0.2) is 72.3 Å². The lowest BCUT2D eigenvalue weighted by atomic mass is 9.80. The molecule has 0 aromatic rings. The molecule has 1 atom stereocenters. The van der Waals surface area contributed by atoms with Gasteiger partial charge in [0.25, 0.3) is 0 Å². The molecule has 0 spiro atoms. The SMILES string of the molecule is CCN1CCN(C(=O)C2CCC(C(=O)N3CCCC(C)C3)CC2)CC1. The van der Waals surface area contributed by atoms with Gasteiger partial charge >= 0.3 is 0 Å². The van der Waals surface area contributed by atoms with Gasteiger partial charge in [0.15, 0.2) is 0 Å². The molecule has 0 aromatic carbocycles. The third kappa shape index (κ3) is 4.55. The molecule has 3 aliphatic rings. The molecule has 2 saturated heterocycles. The van der Waals surface area contributed by atoms with E-state index in [9.17, 15) is 9.59 Å². The summed E-state index contributed by atoms with van der Waals surface area (Å²) in [6.07, 6.45) is 5.98. The molecule has 1 aliphatic carbocycles. The van der Waals surface area contributed by atoms with E-state index >= 15 is 0 Å². The molecule has 25 heavy (non-hydrogen) atoms. The lowest BCUT2D eigenvalue weighted by Gasteiger charge is -2.38. The molecule has 2 aliphatic heterocycles. The number of hydrogen-bond acceptors (Lipinski definition) is 3. The third-order valence-corrected chi connectivity index (χ3v) is 6.53. The second kappa shape index (κ2) is 8.52. The van der Waals surface area contributed by atoms with Crippen LogP contribution in [0.4, 0.5) is 0 Å². The zero-order valence-corrected chi connectivity index (χ0v) is 16.1. The Kier molecular flexibility index (Phi) is 6.37. The molecule has 0 radical (unpaired) electrons. The predicted octanol–water partition coefficient (Wildman–Crippen LogP) is 2.22. The average molecular weight is 350 g/mol. The number of nitrogens with zero attached hydrogens (tertiary/aromatic N) is 3. The van der Waals surface area contributed by atoms with Crippen LogP contribution in [0, 0.1) is 17.8 Å². The summed E-state index contributed by atoms with van der Waals surface area (Å²) in [4.78, 5) is 32.1. The van der Waals surface area contributed by atoms with E-state index < -0.39 is 0 Å². The van der Waals surface area contributed by atoms with Gasteiger partial charge in [0.2, 0.25) is 11.8 Å². The first kappa shape index (κ1) is 18.7. The Bertz CT molecular complexity index is 466. The lowest BCUT2D eigenvalue weighted by molar-refractivity contribution is -0.143. The van der Waals surface area contributed by atoms with E-state index in [-0.39, 0.29) is 11.8 Å². The molecule has 0 bridgehead atoms. The van der Waals surface area contributed by atoms with Crippen LogP contribution in [0.1, 0.15) is 52.4 Å².